The number of hydrogen-bond donors (Lipinski definition) is 2. The van der Waals surface area contributed by atoms with Gasteiger partial charge in [-0.15, -0.1) is 0 Å². The predicted octanol–water partition coefficient (Wildman–Crippen LogP) is 2.58. The van der Waals surface area contributed by atoms with E-state index in [1.54, 1.807) is 0 Å². The summed E-state index contributed by atoms with van der Waals surface area (Å²) in [6.07, 6.45) is -2.35. The average molecular weight is 275 g/mol. The molecule has 0 radical (unpaired) electrons. The second kappa shape index (κ2) is 6.55. The lowest BCUT2D eigenvalue weighted by Gasteiger charge is -2.15. The maximum absolute atomic E-state index is 10.3. The number of hydrogen-bond acceptors (Lipinski definition) is 3. The number of aliphatic hydroxyl groups excluding tert-OH is 1. The third-order valence-corrected chi connectivity index (χ3v) is 2.03. The molecule has 0 spiro atoms. The average Bonchev–Trinajstić information content (AvgIpc) is 2.71. The van der Waals surface area contributed by atoms with Crippen LogP contribution in [-0.2, 0) is 0 Å². The molecule has 2 N–H and O–H groups in total. The Hall–Kier alpha value is -1.58. The summed E-state index contributed by atoms with van der Waals surface area (Å²) < 4.78 is 129. The van der Waals surface area contributed by atoms with E-state index in [2.05, 4.69) is 0 Å². The third-order valence-electron chi connectivity index (χ3n) is 2.03. The smallest absolute Gasteiger partial charge is 0.127 e. The molecule has 0 fully saturated rings. The first-order valence-corrected chi connectivity index (χ1v) is 5.20. The van der Waals surface area contributed by atoms with Crippen LogP contribution in [0.1, 0.15) is 35.6 Å². The molecular formula is C16H21NO2. The second-order valence-corrected chi connectivity index (χ2v) is 3.43. The minimum absolute atomic E-state index is 0.447. The number of aliphatic hydroxyl groups is 1. The molecule has 0 aliphatic rings. The molecule has 0 bridgehead atoms. The Morgan fingerprint density at radius 2 is 2.16 bits per heavy atom. The van der Waals surface area contributed by atoms with Crippen LogP contribution in [0.3, 0.4) is 0 Å². The zero-order valence-electron chi connectivity index (χ0n) is 25.6. The van der Waals surface area contributed by atoms with E-state index in [4.69, 9.17) is 26.7 Å². The quantitative estimate of drug-likeness (QED) is 0.851. The Bertz CT molecular complexity index is 1120. The van der Waals surface area contributed by atoms with Crippen LogP contribution >= 0.6 is 0 Å². The fourth-order valence-corrected chi connectivity index (χ4v) is 1.26. The highest BCUT2D eigenvalue weighted by atomic mass is 16.5. The molecule has 1 unspecified atom stereocenters. The van der Waals surface area contributed by atoms with Crippen molar-refractivity contribution in [3.63, 3.8) is 0 Å². The van der Waals surface area contributed by atoms with Crippen molar-refractivity contribution < 1.29 is 31.8 Å². The van der Waals surface area contributed by atoms with Crippen LogP contribution in [0.15, 0.2) is 42.3 Å². The fourth-order valence-electron chi connectivity index (χ4n) is 1.26. The summed E-state index contributed by atoms with van der Waals surface area (Å²) in [4.78, 5) is 0. The molecular weight excluding hydrogens is 238 g/mol. The van der Waals surface area contributed by atoms with Gasteiger partial charge in [0.05, 0.1) is 9.60 Å². The lowest BCUT2D eigenvalue weighted by atomic mass is 10.1. The van der Waals surface area contributed by atoms with Crippen LogP contribution in [0.25, 0.3) is 10.8 Å². The van der Waals surface area contributed by atoms with E-state index in [1.165, 1.54) is 5.32 Å². The van der Waals surface area contributed by atoms with Crippen molar-refractivity contribution in [2.45, 2.75) is 25.8 Å². The van der Waals surface area contributed by atoms with Crippen molar-refractivity contribution in [1.29, 1.82) is 0 Å². The van der Waals surface area contributed by atoms with E-state index < -0.39 is 97.7 Å². The van der Waals surface area contributed by atoms with Crippen LogP contribution in [0.5, 0.6) is 5.75 Å². The molecule has 2 aromatic carbocycles. The zero-order valence-corrected chi connectivity index (χ0v) is 9.64. The molecule has 0 saturated carbocycles. The molecule has 2 rings (SSSR count). The van der Waals surface area contributed by atoms with E-state index in [-0.39, 0.29) is 0 Å². The molecule has 0 saturated heterocycles. The summed E-state index contributed by atoms with van der Waals surface area (Å²) in [5, 5.41) is 10.9. The van der Waals surface area contributed by atoms with Crippen LogP contribution in [0.4, 0.5) is 0 Å². The number of benzene rings is 2. The molecule has 1 atom stereocenters. The van der Waals surface area contributed by atoms with Gasteiger partial charge in [-0.2, -0.15) is 0 Å². The van der Waals surface area contributed by atoms with Crippen LogP contribution < -0.4 is 10.1 Å². The van der Waals surface area contributed by atoms with Gasteiger partial charge in [-0.1, -0.05) is 50.0 Å². The SMILES string of the molecule is [2H]c1c([2H])c([2H])c2c(OCC(O)C([2H])([2H])NC([2H])(C([2H])([2H])[2H])C([2H])([2H])[2H])c([2H])c([2H])c([2H])c2c1[2H]. The molecule has 19 heavy (non-hydrogen) atoms. The van der Waals surface area contributed by atoms with Crippen LogP contribution in [0.2, 0.25) is 0 Å². The van der Waals surface area contributed by atoms with Gasteiger partial charge in [-0.05, 0) is 11.4 Å². The van der Waals surface area contributed by atoms with Gasteiger partial charge >= 0.3 is 0 Å². The van der Waals surface area contributed by atoms with Crippen LogP contribution in [0, 0.1) is 0 Å². The maximum Gasteiger partial charge on any atom is 0.127 e. The number of ether oxygens (including phenoxy) is 1. The van der Waals surface area contributed by atoms with Crippen molar-refractivity contribution in [1.82, 2.24) is 5.32 Å². The van der Waals surface area contributed by atoms with Gasteiger partial charge in [0.25, 0.3) is 0 Å². The van der Waals surface area contributed by atoms with Crippen LogP contribution in [-0.4, -0.2) is 30.3 Å². The summed E-state index contributed by atoms with van der Waals surface area (Å²) in [6.45, 7) is -11.5. The Morgan fingerprint density at radius 3 is 3.00 bits per heavy atom. The van der Waals surface area contributed by atoms with E-state index in [0.29, 0.717) is 0 Å². The molecule has 3 heteroatoms. The van der Waals surface area contributed by atoms with E-state index in [9.17, 15) is 5.11 Å². The molecule has 0 aromatic heterocycles. The molecule has 102 valence electrons. The number of nitrogens with one attached hydrogen (secondary N) is 1. The minimum Gasteiger partial charge on any atom is -0.490 e. The first-order valence-electron chi connectivity index (χ1n) is 13.2. The van der Waals surface area contributed by atoms with Crippen molar-refractivity contribution in [3.05, 3.63) is 42.3 Å². The van der Waals surface area contributed by atoms with Crippen molar-refractivity contribution in [3.8, 4) is 5.75 Å². The van der Waals surface area contributed by atoms with E-state index in [0.717, 1.165) is 0 Å². The van der Waals surface area contributed by atoms with Gasteiger partial charge in [0.15, 0.2) is 0 Å². The standard InChI is InChI=1S/C16H21NO2/c1-12(2)17-10-14(18)11-19-16-9-5-7-13-6-3-4-8-15(13)16/h3-9,12,14,17-18H,10-11H2,1-2H3/i1D3,2D3,3D,4D,5D,6D,7D,8D,9D,10D2,12D. The first-order chi connectivity index (χ1) is 15.6. The summed E-state index contributed by atoms with van der Waals surface area (Å²) in [5.41, 5.74) is 0. The first kappa shape index (κ1) is 3.96. The highest BCUT2D eigenvalue weighted by Gasteiger charge is 2.07. The summed E-state index contributed by atoms with van der Waals surface area (Å²) in [7, 11) is 0. The topological polar surface area (TPSA) is 41.5 Å². The number of rotatable bonds is 6. The van der Waals surface area contributed by atoms with Gasteiger partial charge in [0, 0.05) is 30.2 Å². The molecule has 0 aliphatic heterocycles. The molecule has 0 aliphatic carbocycles. The third kappa shape index (κ3) is 3.94. The normalized spacial score (nSPS) is 27.6. The summed E-state index contributed by atoms with van der Waals surface area (Å²) in [6, 6.07) is -8.64. The Morgan fingerprint density at radius 1 is 1.37 bits per heavy atom. The Balaban J connectivity index is 2.53. The van der Waals surface area contributed by atoms with Gasteiger partial charge in [0.1, 0.15) is 18.5 Å². The minimum atomic E-state index is -3.55. The van der Waals surface area contributed by atoms with E-state index in [1.807, 2.05) is 0 Å². The summed E-state index contributed by atoms with van der Waals surface area (Å²) in [5.74, 6) is -0.674. The lowest BCUT2D eigenvalue weighted by molar-refractivity contribution is 0.105. The highest BCUT2D eigenvalue weighted by Crippen LogP contribution is 2.25. The van der Waals surface area contributed by atoms with Crippen molar-refractivity contribution in [2.24, 2.45) is 0 Å². The summed E-state index contributed by atoms with van der Waals surface area (Å²) >= 11 is 0. The molecule has 0 heterocycles. The molecule has 2 aromatic rings. The van der Waals surface area contributed by atoms with Gasteiger partial charge in [0.2, 0.25) is 0 Å². The van der Waals surface area contributed by atoms with Gasteiger partial charge in [-0.3, -0.25) is 0 Å². The monoisotopic (exact) mass is 275 g/mol. The largest absolute Gasteiger partial charge is 0.490 e. The Labute approximate surface area is 136 Å². The van der Waals surface area contributed by atoms with Gasteiger partial charge in [-0.25, -0.2) is 0 Å². The Kier molecular flexibility index (Phi) is 1.37. The van der Waals surface area contributed by atoms with Gasteiger partial charge < -0.3 is 15.2 Å². The van der Waals surface area contributed by atoms with E-state index >= 15 is 0 Å². The number of fused-ring (bicyclic) bond motifs is 1. The highest BCUT2D eigenvalue weighted by molar-refractivity contribution is 5.88. The van der Waals surface area contributed by atoms with Crippen molar-refractivity contribution >= 4 is 10.8 Å². The fraction of sp³-hybridized carbons (Fsp3) is 0.375. The zero-order chi connectivity index (χ0) is 27.5. The van der Waals surface area contributed by atoms with Crippen molar-refractivity contribution in [2.75, 3.05) is 13.1 Å². The molecule has 0 amide bonds. The molecule has 3 nitrogen and oxygen atoms in total. The predicted molar refractivity (Wildman–Crippen MR) is 78.6 cm³/mol. The lowest BCUT2D eigenvalue weighted by Crippen LogP contribution is -2.35. The second-order valence-electron chi connectivity index (χ2n) is 3.43. The maximum atomic E-state index is 10.3.